The Bertz CT molecular complexity index is 2720. The fourth-order valence-electron chi connectivity index (χ4n) is 8.23. The van der Waals surface area contributed by atoms with Crippen LogP contribution in [0.2, 0.25) is 0 Å². The molecule has 5 heterocycles. The minimum absolute atomic E-state index is 0.141. The van der Waals surface area contributed by atoms with Gasteiger partial charge in [0.05, 0.1) is 36.4 Å². The lowest BCUT2D eigenvalue weighted by molar-refractivity contribution is -0.124. The Hall–Kier alpha value is -7.25. The van der Waals surface area contributed by atoms with Crippen molar-refractivity contribution in [2.75, 3.05) is 33.9 Å². The first-order chi connectivity index (χ1) is 29.2. The van der Waals surface area contributed by atoms with Crippen LogP contribution in [0.1, 0.15) is 22.3 Å². The molecular formula is C47H40F2N6O5. The maximum Gasteiger partial charge on any atom is 0.215 e. The van der Waals surface area contributed by atoms with Crippen molar-refractivity contribution in [1.29, 1.82) is 0 Å². The topological polar surface area (TPSA) is 105 Å². The van der Waals surface area contributed by atoms with Crippen LogP contribution in [0.15, 0.2) is 122 Å². The number of nitrogens with one attached hydrogen (secondary N) is 1. The van der Waals surface area contributed by atoms with Gasteiger partial charge < -0.3 is 29.2 Å². The van der Waals surface area contributed by atoms with Crippen LogP contribution in [0.25, 0.3) is 33.2 Å². The van der Waals surface area contributed by atoms with Crippen LogP contribution in [0, 0.1) is 25.5 Å². The molecule has 1 amide bonds. The van der Waals surface area contributed by atoms with Gasteiger partial charge in [-0.3, -0.25) is 13.9 Å². The molecule has 0 radical (unpaired) electrons. The van der Waals surface area contributed by atoms with Crippen molar-refractivity contribution in [3.63, 3.8) is 0 Å². The van der Waals surface area contributed by atoms with Gasteiger partial charge in [-0.05, 0) is 61.4 Å². The van der Waals surface area contributed by atoms with Gasteiger partial charge in [-0.25, -0.2) is 18.7 Å². The maximum absolute atomic E-state index is 15.2. The van der Waals surface area contributed by atoms with E-state index in [-0.39, 0.29) is 36.3 Å². The summed E-state index contributed by atoms with van der Waals surface area (Å²) in [5.74, 6) is 0.786. The van der Waals surface area contributed by atoms with Crippen molar-refractivity contribution in [2.45, 2.75) is 19.4 Å². The summed E-state index contributed by atoms with van der Waals surface area (Å²) < 4.78 is 59.6. The van der Waals surface area contributed by atoms with E-state index < -0.39 is 17.2 Å². The lowest BCUT2D eigenvalue weighted by Crippen LogP contribution is -2.59. The molecule has 1 aliphatic rings. The van der Waals surface area contributed by atoms with Crippen LogP contribution >= 0.6 is 0 Å². The lowest BCUT2D eigenvalue weighted by atomic mass is 9.79. The number of ether oxygens (including phenoxy) is 4. The third kappa shape index (κ3) is 6.34. The van der Waals surface area contributed by atoms with E-state index >= 15 is 8.78 Å². The molecule has 4 aromatic heterocycles. The Kier molecular flexibility index (Phi) is 9.88. The van der Waals surface area contributed by atoms with E-state index in [0.29, 0.717) is 73.7 Å². The summed E-state index contributed by atoms with van der Waals surface area (Å²) in [7, 11) is 3.08. The van der Waals surface area contributed by atoms with Crippen LogP contribution in [-0.4, -0.2) is 64.3 Å². The molecule has 1 aliphatic heterocycles. The quantitative estimate of drug-likeness (QED) is 0.129. The van der Waals surface area contributed by atoms with Crippen LogP contribution in [0.3, 0.4) is 0 Å². The molecule has 0 aliphatic carbocycles. The summed E-state index contributed by atoms with van der Waals surface area (Å²) in [5.41, 5.74) is 3.60. The molecule has 1 saturated heterocycles. The number of hydrogen-bond donors (Lipinski definition) is 1. The number of rotatable bonds is 11. The van der Waals surface area contributed by atoms with Gasteiger partial charge in [-0.1, -0.05) is 48.5 Å². The molecule has 0 bridgehead atoms. The average Bonchev–Trinajstić information content (AvgIpc) is 3.78. The highest BCUT2D eigenvalue weighted by molar-refractivity contribution is 5.96. The number of benzene rings is 4. The third-order valence-corrected chi connectivity index (χ3v) is 11.1. The fourth-order valence-corrected chi connectivity index (χ4v) is 8.23. The van der Waals surface area contributed by atoms with Crippen molar-refractivity contribution >= 4 is 28.2 Å². The molecule has 0 atom stereocenters. The summed E-state index contributed by atoms with van der Waals surface area (Å²) in [6, 6.07) is 31.5. The lowest BCUT2D eigenvalue weighted by Gasteiger charge is -2.46. The third-order valence-electron chi connectivity index (χ3n) is 11.1. The molecule has 302 valence electrons. The number of fused-ring (bicyclic) bond motifs is 2. The van der Waals surface area contributed by atoms with Crippen molar-refractivity contribution in [3.05, 3.63) is 155 Å². The summed E-state index contributed by atoms with van der Waals surface area (Å²) in [6.45, 7) is 4.53. The predicted molar refractivity (Wildman–Crippen MR) is 224 cm³/mol. The van der Waals surface area contributed by atoms with E-state index in [4.69, 9.17) is 28.9 Å². The van der Waals surface area contributed by atoms with E-state index in [9.17, 15) is 4.79 Å². The van der Waals surface area contributed by atoms with Gasteiger partial charge in [0.25, 0.3) is 0 Å². The molecule has 11 nitrogen and oxygen atoms in total. The number of piperazine rings is 1. The number of nitrogens with zero attached hydrogens (tertiary/aromatic N) is 5. The summed E-state index contributed by atoms with van der Waals surface area (Å²) in [4.78, 5) is 25.1. The predicted octanol–water partition coefficient (Wildman–Crippen LogP) is 9.17. The number of aromatic nitrogens is 4. The summed E-state index contributed by atoms with van der Waals surface area (Å²) in [5, 5.41) is 4.80. The zero-order chi connectivity index (χ0) is 41.5. The molecule has 13 heteroatoms. The van der Waals surface area contributed by atoms with Gasteiger partial charge in [0.1, 0.15) is 28.7 Å². The van der Waals surface area contributed by atoms with Crippen molar-refractivity contribution in [1.82, 2.24) is 29.3 Å². The molecule has 60 heavy (non-hydrogen) atoms. The Morgan fingerprint density at radius 1 is 0.667 bits per heavy atom. The molecule has 0 spiro atoms. The number of aryl methyl sites for hydroxylation is 2. The Morgan fingerprint density at radius 2 is 1.13 bits per heavy atom. The number of amides is 1. The number of hydrogen-bond acceptors (Lipinski definition) is 8. The number of carbonyl (C=O) groups is 1. The molecule has 8 aromatic rings. The largest absolute Gasteiger partial charge is 0.481 e. The monoisotopic (exact) mass is 806 g/mol. The van der Waals surface area contributed by atoms with Crippen molar-refractivity contribution in [3.8, 4) is 46.4 Å². The second-order valence-corrected chi connectivity index (χ2v) is 14.5. The van der Waals surface area contributed by atoms with Crippen LogP contribution in [0.4, 0.5) is 8.78 Å². The zero-order valence-electron chi connectivity index (χ0n) is 33.3. The van der Waals surface area contributed by atoms with Gasteiger partial charge in [-0.2, -0.15) is 0 Å². The van der Waals surface area contributed by atoms with Crippen molar-refractivity contribution < 1.29 is 32.5 Å². The number of carbonyl (C=O) groups excluding carboxylic acids is 1. The smallest absolute Gasteiger partial charge is 0.215 e. The SMILES string of the molecule is COc1cc2c(cn1)c(C1(c3c(Oc4cc(F)ccc4C)n(-c4ccccc4)c4cc(OC)ncc34)CNCCN1C=O)c(Oc1cc(F)ccc1C)n2-c1ccccc1. The number of pyridine rings is 2. The van der Waals surface area contributed by atoms with E-state index in [2.05, 4.69) is 5.32 Å². The average molecular weight is 807 g/mol. The van der Waals surface area contributed by atoms with E-state index in [1.165, 1.54) is 38.5 Å². The highest BCUT2D eigenvalue weighted by Crippen LogP contribution is 2.55. The van der Waals surface area contributed by atoms with Gasteiger partial charge in [0, 0.05) is 78.4 Å². The van der Waals surface area contributed by atoms with Crippen LogP contribution < -0.4 is 24.3 Å². The van der Waals surface area contributed by atoms with Gasteiger partial charge in [-0.15, -0.1) is 0 Å². The molecule has 4 aromatic carbocycles. The minimum Gasteiger partial charge on any atom is -0.481 e. The van der Waals surface area contributed by atoms with Gasteiger partial charge in [0.2, 0.25) is 29.9 Å². The summed E-state index contributed by atoms with van der Waals surface area (Å²) >= 11 is 0. The number of halogens is 2. The van der Waals surface area contributed by atoms with Gasteiger partial charge >= 0.3 is 0 Å². The zero-order valence-corrected chi connectivity index (χ0v) is 33.3. The minimum atomic E-state index is -1.49. The Balaban J connectivity index is 1.50. The molecule has 0 saturated carbocycles. The van der Waals surface area contributed by atoms with Crippen LogP contribution in [0.5, 0.6) is 35.0 Å². The van der Waals surface area contributed by atoms with Crippen LogP contribution in [-0.2, 0) is 10.3 Å². The van der Waals surface area contributed by atoms with Crippen molar-refractivity contribution in [2.24, 2.45) is 0 Å². The molecular weight excluding hydrogens is 767 g/mol. The second-order valence-electron chi connectivity index (χ2n) is 14.5. The first-order valence-corrected chi connectivity index (χ1v) is 19.3. The Morgan fingerprint density at radius 3 is 1.57 bits per heavy atom. The number of para-hydroxylation sites is 2. The summed E-state index contributed by atoms with van der Waals surface area (Å²) in [6.07, 6.45) is 4.21. The first-order valence-electron chi connectivity index (χ1n) is 19.3. The second kappa shape index (κ2) is 15.5. The van der Waals surface area contributed by atoms with E-state index in [0.717, 1.165) is 6.41 Å². The highest BCUT2D eigenvalue weighted by Gasteiger charge is 2.51. The Labute approximate surface area is 344 Å². The first kappa shape index (κ1) is 38.3. The molecule has 1 fully saturated rings. The van der Waals surface area contributed by atoms with E-state index in [1.807, 2.05) is 83.6 Å². The standard InChI is InChI=1S/C47H40F2N6O5/c1-29-15-17-31(48)21-39(29)59-45-43(35-25-51-41(57-3)23-37(35)54(45)33-11-7-5-8-12-33)47(27-50-19-20-53(47)28-56)44-36-26-52-42(58-4)24-38(36)55(34-13-9-6-10-14-34)46(44)60-40-22-32(49)18-16-30(40)2/h5-18,21-26,28,50H,19-20,27H2,1-4H3. The maximum atomic E-state index is 15.2. The van der Waals surface area contributed by atoms with E-state index in [1.54, 1.807) is 41.6 Å². The normalized spacial score (nSPS) is 13.7. The fraction of sp³-hybridized carbons (Fsp3) is 0.170. The highest BCUT2D eigenvalue weighted by atomic mass is 19.1. The number of methoxy groups -OCH3 is 2. The molecule has 0 unspecified atom stereocenters. The molecule has 1 N–H and O–H groups in total. The van der Waals surface area contributed by atoms with Gasteiger partial charge in [0.15, 0.2) is 0 Å². The molecule has 9 rings (SSSR count).